The highest BCUT2D eigenvalue weighted by atomic mass is 16.5. The van der Waals surface area contributed by atoms with Gasteiger partial charge in [0.1, 0.15) is 11.6 Å². The van der Waals surface area contributed by atoms with E-state index < -0.39 is 0 Å². The molecule has 2 aromatic heterocycles. The van der Waals surface area contributed by atoms with Crippen LogP contribution in [0.5, 0.6) is 11.5 Å². The largest absolute Gasteiger partial charge is 0.493 e. The number of para-hydroxylation sites is 1. The summed E-state index contributed by atoms with van der Waals surface area (Å²) < 4.78 is 12.9. The first kappa shape index (κ1) is 27.0. The first-order chi connectivity index (χ1) is 19.3. The molecule has 5 rings (SSSR count). The molecule has 206 valence electrons. The fourth-order valence-corrected chi connectivity index (χ4v) is 5.46. The summed E-state index contributed by atoms with van der Waals surface area (Å²) in [7, 11) is 3.17. The molecule has 0 unspecified atom stereocenters. The second-order valence-electron chi connectivity index (χ2n) is 10.1. The van der Waals surface area contributed by atoms with Gasteiger partial charge in [0, 0.05) is 18.5 Å². The smallest absolute Gasteiger partial charge is 0.224 e. The van der Waals surface area contributed by atoms with Crippen molar-refractivity contribution in [1.29, 1.82) is 0 Å². The summed E-state index contributed by atoms with van der Waals surface area (Å²) in [4.78, 5) is 22.3. The molecule has 8 heteroatoms. The Balaban J connectivity index is 1.39. The Morgan fingerprint density at radius 2 is 1.60 bits per heavy atom. The number of aromatic nitrogens is 3. The molecule has 0 fully saturated rings. The monoisotopic (exact) mass is 537 g/mol. The molecule has 8 nitrogen and oxygen atoms in total. The third-order valence-electron chi connectivity index (χ3n) is 7.04. The number of benzene rings is 3. The average molecular weight is 538 g/mol. The van der Waals surface area contributed by atoms with E-state index >= 15 is 0 Å². The molecule has 0 radical (unpaired) electrons. The normalized spacial score (nSPS) is 11.2. The molecular weight excluding hydrogens is 502 g/mol. The maximum absolute atomic E-state index is 12.6. The number of carbonyl (C=O) groups excluding carboxylic acids is 1. The van der Waals surface area contributed by atoms with Gasteiger partial charge in [-0.1, -0.05) is 42.0 Å². The van der Waals surface area contributed by atoms with Crippen LogP contribution in [0.15, 0.2) is 54.6 Å². The highest BCUT2D eigenvalue weighted by molar-refractivity contribution is 6.13. The molecule has 2 heterocycles. The quantitative estimate of drug-likeness (QED) is 0.238. The van der Waals surface area contributed by atoms with Crippen LogP contribution in [0.25, 0.3) is 27.6 Å². The molecule has 0 aliphatic carbocycles. The molecule has 3 aromatic carbocycles. The number of hydrogen-bond donors (Lipinski definition) is 2. The predicted molar refractivity (Wildman–Crippen MR) is 160 cm³/mol. The Morgan fingerprint density at radius 3 is 2.33 bits per heavy atom. The molecule has 0 aliphatic rings. The van der Waals surface area contributed by atoms with Crippen LogP contribution in [0.4, 0.5) is 5.82 Å². The van der Waals surface area contributed by atoms with Crippen LogP contribution in [0.2, 0.25) is 0 Å². The summed E-state index contributed by atoms with van der Waals surface area (Å²) >= 11 is 0. The summed E-state index contributed by atoms with van der Waals surface area (Å²) in [6.07, 6.45) is 0.250. The van der Waals surface area contributed by atoms with E-state index in [-0.39, 0.29) is 12.3 Å². The lowest BCUT2D eigenvalue weighted by atomic mass is 10.0. The van der Waals surface area contributed by atoms with E-state index in [1.54, 1.807) is 14.2 Å². The fourth-order valence-electron chi connectivity index (χ4n) is 5.46. The number of aryl methyl sites for hydroxylation is 4. The van der Waals surface area contributed by atoms with Crippen molar-refractivity contribution >= 4 is 33.7 Å². The minimum Gasteiger partial charge on any atom is -0.493 e. The maximum atomic E-state index is 12.6. The topological polar surface area (TPSA) is 90.3 Å². The minimum atomic E-state index is -0.0695. The zero-order valence-electron chi connectivity index (χ0n) is 23.9. The number of fused-ring (bicyclic) bond motifs is 3. The van der Waals surface area contributed by atoms with E-state index in [4.69, 9.17) is 19.4 Å². The van der Waals surface area contributed by atoms with E-state index in [2.05, 4.69) is 66.3 Å². The van der Waals surface area contributed by atoms with Crippen LogP contribution < -0.4 is 20.1 Å². The van der Waals surface area contributed by atoms with E-state index in [0.717, 1.165) is 39.0 Å². The van der Waals surface area contributed by atoms with Crippen LogP contribution in [0.1, 0.15) is 28.1 Å². The van der Waals surface area contributed by atoms with E-state index in [0.29, 0.717) is 30.4 Å². The average Bonchev–Trinajstić information content (AvgIpc) is 3.24. The van der Waals surface area contributed by atoms with Gasteiger partial charge < -0.3 is 20.1 Å². The number of rotatable bonds is 9. The Labute approximate surface area is 234 Å². The van der Waals surface area contributed by atoms with Crippen LogP contribution in [-0.2, 0) is 11.2 Å². The van der Waals surface area contributed by atoms with Gasteiger partial charge in [-0.2, -0.15) is 0 Å². The number of nitrogens with zero attached hydrogens (tertiary/aromatic N) is 3. The highest BCUT2D eigenvalue weighted by Crippen LogP contribution is 2.36. The van der Waals surface area contributed by atoms with Crippen molar-refractivity contribution in [2.75, 3.05) is 32.6 Å². The summed E-state index contributed by atoms with van der Waals surface area (Å²) in [5, 5.41) is 8.51. The number of anilines is 1. The minimum absolute atomic E-state index is 0.0695. The second kappa shape index (κ2) is 11.3. The zero-order valence-corrected chi connectivity index (χ0v) is 23.9. The van der Waals surface area contributed by atoms with Crippen molar-refractivity contribution in [3.8, 4) is 17.2 Å². The molecular formula is C32H35N5O3. The van der Waals surface area contributed by atoms with Gasteiger partial charge in [0.15, 0.2) is 17.1 Å². The molecule has 0 spiro atoms. The highest BCUT2D eigenvalue weighted by Gasteiger charge is 2.20. The lowest BCUT2D eigenvalue weighted by Gasteiger charge is -2.15. The summed E-state index contributed by atoms with van der Waals surface area (Å²) in [5.41, 5.74) is 7.57. The molecule has 0 saturated heterocycles. The number of carbonyl (C=O) groups is 1. The second-order valence-corrected chi connectivity index (χ2v) is 10.1. The van der Waals surface area contributed by atoms with Gasteiger partial charge in [-0.15, -0.1) is 0 Å². The molecule has 0 aliphatic heterocycles. The van der Waals surface area contributed by atoms with E-state index in [1.807, 2.05) is 31.2 Å². The first-order valence-corrected chi connectivity index (χ1v) is 13.4. The van der Waals surface area contributed by atoms with Crippen LogP contribution in [0.3, 0.4) is 0 Å². The molecule has 0 saturated carbocycles. The van der Waals surface area contributed by atoms with Crippen LogP contribution in [-0.4, -0.2) is 47.8 Å². The van der Waals surface area contributed by atoms with Crippen molar-refractivity contribution < 1.29 is 14.3 Å². The zero-order chi connectivity index (χ0) is 28.4. The van der Waals surface area contributed by atoms with Crippen molar-refractivity contribution in [3.63, 3.8) is 0 Å². The Bertz CT molecular complexity index is 1700. The number of methoxy groups -OCH3 is 2. The third-order valence-corrected chi connectivity index (χ3v) is 7.04. The number of hydrogen-bond acceptors (Lipinski definition) is 6. The standard InChI is InChI=1S/C32H35N5O3/c1-19-15-20(2)30(21(3)16-19)37-25-10-8-7-9-24(25)29-31(35-22(4)36-32(29)37)34-14-13-33-28(38)18-23-11-12-26(39-5)27(17-23)40-6/h7-12,15-17H,13-14,18H2,1-6H3,(H,33,38)(H,34,35,36). The fraction of sp³-hybridized carbons (Fsp3) is 0.281. The number of nitrogens with one attached hydrogen (secondary N) is 2. The summed E-state index contributed by atoms with van der Waals surface area (Å²) in [5.74, 6) is 2.61. The first-order valence-electron chi connectivity index (χ1n) is 13.4. The van der Waals surface area contributed by atoms with Gasteiger partial charge in [-0.25, -0.2) is 9.97 Å². The van der Waals surface area contributed by atoms with Gasteiger partial charge in [0.05, 0.1) is 37.2 Å². The number of ether oxygens (including phenoxy) is 2. The van der Waals surface area contributed by atoms with E-state index in [9.17, 15) is 4.79 Å². The molecule has 5 aromatic rings. The van der Waals surface area contributed by atoms with Crippen molar-refractivity contribution in [2.24, 2.45) is 0 Å². The van der Waals surface area contributed by atoms with Gasteiger partial charge >= 0.3 is 0 Å². The molecule has 0 bridgehead atoms. The Morgan fingerprint density at radius 1 is 0.875 bits per heavy atom. The van der Waals surface area contributed by atoms with Crippen LogP contribution >= 0.6 is 0 Å². The van der Waals surface area contributed by atoms with Crippen LogP contribution in [0, 0.1) is 27.7 Å². The lowest BCUT2D eigenvalue weighted by molar-refractivity contribution is -0.120. The third kappa shape index (κ3) is 5.17. The SMILES string of the molecule is COc1ccc(CC(=O)NCCNc2nc(C)nc3c2c2ccccc2n3-c2c(C)cc(C)cc2C)cc1OC. The summed E-state index contributed by atoms with van der Waals surface area (Å²) in [6.45, 7) is 9.29. The summed E-state index contributed by atoms with van der Waals surface area (Å²) in [6, 6.07) is 18.3. The molecule has 1 amide bonds. The van der Waals surface area contributed by atoms with Crippen molar-refractivity contribution in [2.45, 2.75) is 34.1 Å². The van der Waals surface area contributed by atoms with Crippen molar-refractivity contribution in [3.05, 3.63) is 82.7 Å². The predicted octanol–water partition coefficient (Wildman–Crippen LogP) is 5.60. The lowest BCUT2D eigenvalue weighted by Crippen LogP contribution is -2.30. The van der Waals surface area contributed by atoms with E-state index in [1.165, 1.54) is 16.7 Å². The molecule has 40 heavy (non-hydrogen) atoms. The Hall–Kier alpha value is -4.59. The Kier molecular flexibility index (Phi) is 7.60. The molecule has 0 atom stereocenters. The molecule has 2 N–H and O–H groups in total. The van der Waals surface area contributed by atoms with Gasteiger partial charge in [0.25, 0.3) is 0 Å². The van der Waals surface area contributed by atoms with Gasteiger partial charge in [0.2, 0.25) is 5.91 Å². The van der Waals surface area contributed by atoms with Crippen molar-refractivity contribution in [1.82, 2.24) is 19.9 Å². The van der Waals surface area contributed by atoms with Gasteiger partial charge in [-0.3, -0.25) is 9.36 Å². The van der Waals surface area contributed by atoms with Gasteiger partial charge in [-0.05, 0) is 62.6 Å². The number of amides is 1. The maximum Gasteiger partial charge on any atom is 0.224 e.